The topological polar surface area (TPSA) is 32.8 Å². The van der Waals surface area contributed by atoms with Crippen LogP contribution < -0.4 is 0 Å². The van der Waals surface area contributed by atoms with Gasteiger partial charge in [0, 0.05) is 0 Å². The quantitative estimate of drug-likeness (QED) is 0.420. The van der Waals surface area contributed by atoms with Gasteiger partial charge in [0.2, 0.25) is 0 Å². The molecule has 84 valence electrons. The molecule has 3 heteroatoms. The lowest BCUT2D eigenvalue weighted by Crippen LogP contribution is -2.33. The molecule has 1 saturated heterocycles. The maximum absolute atomic E-state index is 9.85. The third kappa shape index (κ3) is 3.37. The predicted molar refractivity (Wildman–Crippen MR) is 62.2 cm³/mol. The molecule has 0 spiro atoms. The summed E-state index contributed by atoms with van der Waals surface area (Å²) in [6.45, 7) is 9.09. The molecule has 0 bridgehead atoms. The lowest BCUT2D eigenvalue weighted by atomic mass is 10.1. The van der Waals surface area contributed by atoms with Gasteiger partial charge in [0.25, 0.3) is 0 Å². The van der Waals surface area contributed by atoms with Crippen molar-refractivity contribution in [2.24, 2.45) is 0 Å². The second kappa shape index (κ2) is 4.77. The molecule has 14 heavy (non-hydrogen) atoms. The second-order valence-corrected chi connectivity index (χ2v) is 10.8. The van der Waals surface area contributed by atoms with Gasteiger partial charge in [-0.1, -0.05) is 45.8 Å². The minimum Gasteiger partial charge on any atom is -0.390 e. The lowest BCUT2D eigenvalue weighted by Gasteiger charge is -2.13. The summed E-state index contributed by atoms with van der Waals surface area (Å²) in [5.74, 6) is 0. The molecule has 1 heterocycles. The van der Waals surface area contributed by atoms with Crippen molar-refractivity contribution in [2.45, 2.75) is 70.2 Å². The summed E-state index contributed by atoms with van der Waals surface area (Å²) in [4.78, 5) is 0. The molecule has 1 aliphatic heterocycles. The van der Waals surface area contributed by atoms with E-state index in [1.54, 1.807) is 0 Å². The van der Waals surface area contributed by atoms with E-state index >= 15 is 0 Å². The Bertz CT molecular complexity index is 177. The van der Waals surface area contributed by atoms with Gasteiger partial charge in [-0.3, -0.25) is 0 Å². The first-order valence-corrected chi connectivity index (χ1v) is 9.38. The third-order valence-electron chi connectivity index (χ3n) is 2.86. The van der Waals surface area contributed by atoms with Crippen molar-refractivity contribution in [3.63, 3.8) is 0 Å². The number of unbranched alkanes of at least 4 members (excludes halogenated alkanes) is 2. The van der Waals surface area contributed by atoms with Gasteiger partial charge in [-0.25, -0.2) is 0 Å². The Morgan fingerprint density at radius 3 is 2.36 bits per heavy atom. The number of aliphatic hydroxyl groups excluding tert-OH is 1. The van der Waals surface area contributed by atoms with Crippen molar-refractivity contribution >= 4 is 8.07 Å². The lowest BCUT2D eigenvalue weighted by molar-refractivity contribution is 0.123. The molecular formula is C11H24O2Si. The van der Waals surface area contributed by atoms with E-state index in [1.165, 1.54) is 12.8 Å². The van der Waals surface area contributed by atoms with Gasteiger partial charge in [-0.15, -0.1) is 0 Å². The molecule has 0 unspecified atom stereocenters. The molecule has 1 rings (SSSR count). The highest BCUT2D eigenvalue weighted by Gasteiger charge is 2.51. The summed E-state index contributed by atoms with van der Waals surface area (Å²) in [5, 5.41) is 9.85. The molecule has 0 aliphatic carbocycles. The van der Waals surface area contributed by atoms with E-state index in [1.807, 2.05) is 0 Å². The van der Waals surface area contributed by atoms with Gasteiger partial charge in [-0.05, 0) is 6.42 Å². The number of hydrogen-bond acceptors (Lipinski definition) is 2. The van der Waals surface area contributed by atoms with Crippen LogP contribution in [0, 0.1) is 0 Å². The Kier molecular flexibility index (Phi) is 4.16. The monoisotopic (exact) mass is 216 g/mol. The van der Waals surface area contributed by atoms with Crippen LogP contribution in [0.5, 0.6) is 0 Å². The van der Waals surface area contributed by atoms with E-state index in [2.05, 4.69) is 26.6 Å². The van der Waals surface area contributed by atoms with Crippen molar-refractivity contribution in [3.8, 4) is 0 Å². The predicted octanol–water partition coefficient (Wildman–Crippen LogP) is 2.57. The summed E-state index contributed by atoms with van der Waals surface area (Å²) in [7, 11) is -1.18. The Hall–Kier alpha value is 0.137. The SMILES string of the molecule is CCCCC[C@@H](O)[C@H]1O[C@H]1[Si](C)(C)C. The first-order valence-electron chi connectivity index (χ1n) is 5.80. The number of aliphatic hydroxyl groups is 1. The third-order valence-corrected chi connectivity index (χ3v) is 5.03. The van der Waals surface area contributed by atoms with Crippen molar-refractivity contribution in [2.75, 3.05) is 0 Å². The molecular weight excluding hydrogens is 192 g/mol. The summed E-state index contributed by atoms with van der Waals surface area (Å²) in [5.41, 5.74) is 0.402. The minimum absolute atomic E-state index is 0.165. The largest absolute Gasteiger partial charge is 0.390 e. The highest BCUT2D eigenvalue weighted by molar-refractivity contribution is 6.78. The zero-order valence-corrected chi connectivity index (χ0v) is 10.9. The fraction of sp³-hybridized carbons (Fsp3) is 1.00. The maximum atomic E-state index is 9.85. The Balaban J connectivity index is 2.19. The van der Waals surface area contributed by atoms with Crippen LogP contribution in [0.3, 0.4) is 0 Å². The van der Waals surface area contributed by atoms with Crippen LogP contribution in [0.4, 0.5) is 0 Å². The first-order chi connectivity index (χ1) is 6.46. The van der Waals surface area contributed by atoms with Gasteiger partial charge in [-0.2, -0.15) is 0 Å². The van der Waals surface area contributed by atoms with Crippen molar-refractivity contribution in [1.82, 2.24) is 0 Å². The van der Waals surface area contributed by atoms with Crippen LogP contribution in [0.25, 0.3) is 0 Å². The summed E-state index contributed by atoms with van der Waals surface area (Å²) in [6.07, 6.45) is 4.45. The maximum Gasteiger partial charge on any atom is 0.107 e. The number of epoxide rings is 1. The average molecular weight is 216 g/mol. The first kappa shape index (κ1) is 12.2. The van der Waals surface area contributed by atoms with Crippen molar-refractivity contribution < 1.29 is 9.84 Å². The van der Waals surface area contributed by atoms with E-state index in [4.69, 9.17) is 4.74 Å². The van der Waals surface area contributed by atoms with E-state index in [0.717, 1.165) is 12.8 Å². The zero-order valence-electron chi connectivity index (χ0n) is 9.92. The molecule has 0 aromatic heterocycles. The molecule has 2 nitrogen and oxygen atoms in total. The highest BCUT2D eigenvalue weighted by atomic mass is 28.3. The fourth-order valence-electron chi connectivity index (χ4n) is 1.88. The number of ether oxygens (including phenoxy) is 1. The van der Waals surface area contributed by atoms with Gasteiger partial charge < -0.3 is 9.84 Å². The highest BCUT2D eigenvalue weighted by Crippen LogP contribution is 2.34. The molecule has 0 amide bonds. The summed E-state index contributed by atoms with van der Waals surface area (Å²) in [6, 6.07) is 0. The average Bonchev–Trinajstić information content (AvgIpc) is 2.81. The normalized spacial score (nSPS) is 28.9. The van der Waals surface area contributed by atoms with Crippen LogP contribution in [0.15, 0.2) is 0 Å². The Morgan fingerprint density at radius 2 is 1.93 bits per heavy atom. The molecule has 0 saturated carbocycles. The van der Waals surface area contributed by atoms with E-state index in [-0.39, 0.29) is 12.2 Å². The van der Waals surface area contributed by atoms with Gasteiger partial charge in [0.1, 0.15) is 6.10 Å². The van der Waals surface area contributed by atoms with Gasteiger partial charge >= 0.3 is 0 Å². The summed E-state index contributed by atoms with van der Waals surface area (Å²) < 4.78 is 5.59. The molecule has 0 aromatic rings. The van der Waals surface area contributed by atoms with Crippen LogP contribution >= 0.6 is 0 Å². The molecule has 0 aromatic carbocycles. The molecule has 1 fully saturated rings. The Labute approximate surface area is 88.7 Å². The van der Waals surface area contributed by atoms with E-state index in [0.29, 0.717) is 5.73 Å². The van der Waals surface area contributed by atoms with E-state index in [9.17, 15) is 5.11 Å². The van der Waals surface area contributed by atoms with Gasteiger partial charge in [0.05, 0.1) is 19.9 Å². The van der Waals surface area contributed by atoms with Crippen molar-refractivity contribution in [1.29, 1.82) is 0 Å². The molecule has 0 radical (unpaired) electrons. The van der Waals surface area contributed by atoms with Crippen LogP contribution in [-0.4, -0.2) is 31.1 Å². The number of rotatable bonds is 6. The molecule has 1 N–H and O–H groups in total. The standard InChI is InChI=1S/C11H24O2Si/c1-5-6-7-8-9(12)10-11(13-10)14(2,3)4/h9-12H,5-8H2,1-4H3/t9-,10-,11+/m1/s1. The number of hydrogen-bond donors (Lipinski definition) is 1. The second-order valence-electron chi connectivity index (χ2n) is 5.45. The molecule has 1 aliphatic rings. The van der Waals surface area contributed by atoms with Crippen LogP contribution in [-0.2, 0) is 4.74 Å². The Morgan fingerprint density at radius 1 is 1.29 bits per heavy atom. The van der Waals surface area contributed by atoms with Crippen LogP contribution in [0.1, 0.15) is 32.6 Å². The van der Waals surface area contributed by atoms with E-state index < -0.39 is 8.07 Å². The van der Waals surface area contributed by atoms with Crippen LogP contribution in [0.2, 0.25) is 19.6 Å². The summed E-state index contributed by atoms with van der Waals surface area (Å²) >= 11 is 0. The minimum atomic E-state index is -1.18. The van der Waals surface area contributed by atoms with Crippen molar-refractivity contribution in [3.05, 3.63) is 0 Å². The smallest absolute Gasteiger partial charge is 0.107 e. The zero-order chi connectivity index (χ0) is 10.8. The van der Waals surface area contributed by atoms with Gasteiger partial charge in [0.15, 0.2) is 0 Å². The molecule has 3 atom stereocenters. The fourth-order valence-corrected chi connectivity index (χ4v) is 3.65.